The highest BCUT2D eigenvalue weighted by Gasteiger charge is 1.83. The Bertz CT molecular complexity index is 49.7. The SMILES string of the molecule is CNCNCCNCCN. The summed E-state index contributed by atoms with van der Waals surface area (Å²) in [7, 11) is 1.92. The second kappa shape index (κ2) is 8.84. The maximum atomic E-state index is 5.27. The summed E-state index contributed by atoms with van der Waals surface area (Å²) in [6, 6.07) is 0. The number of nitrogens with two attached hydrogens (primary N) is 1. The van der Waals surface area contributed by atoms with E-state index in [1.54, 1.807) is 0 Å². The van der Waals surface area contributed by atoms with Crippen LogP contribution in [0.2, 0.25) is 0 Å². The molecule has 4 nitrogen and oxygen atoms in total. The lowest BCUT2D eigenvalue weighted by Gasteiger charge is -2.03. The van der Waals surface area contributed by atoms with Gasteiger partial charge in [0.2, 0.25) is 0 Å². The summed E-state index contributed by atoms with van der Waals surface area (Å²) in [6.07, 6.45) is 0. The predicted molar refractivity (Wildman–Crippen MR) is 43.9 cm³/mol. The molecule has 0 spiro atoms. The Morgan fingerprint density at radius 2 is 1.80 bits per heavy atom. The van der Waals surface area contributed by atoms with E-state index in [2.05, 4.69) is 16.0 Å². The zero-order valence-electron chi connectivity index (χ0n) is 6.61. The first-order chi connectivity index (χ1) is 4.91. The normalized spacial score (nSPS) is 10.2. The molecule has 0 aromatic carbocycles. The van der Waals surface area contributed by atoms with Gasteiger partial charge in [-0.25, -0.2) is 0 Å². The van der Waals surface area contributed by atoms with E-state index in [-0.39, 0.29) is 0 Å². The highest BCUT2D eigenvalue weighted by atomic mass is 15.0. The van der Waals surface area contributed by atoms with Crippen molar-refractivity contribution in [3.05, 3.63) is 0 Å². The van der Waals surface area contributed by atoms with E-state index in [1.165, 1.54) is 0 Å². The molecule has 0 aliphatic rings. The third-order valence-corrected chi connectivity index (χ3v) is 1.10. The van der Waals surface area contributed by atoms with Crippen molar-refractivity contribution in [2.75, 3.05) is 39.9 Å². The fraction of sp³-hybridized carbons (Fsp3) is 1.00. The second-order valence-electron chi connectivity index (χ2n) is 2.07. The Labute approximate surface area is 62.6 Å². The smallest absolute Gasteiger partial charge is 0.0452 e. The minimum atomic E-state index is 0.714. The topological polar surface area (TPSA) is 62.1 Å². The van der Waals surface area contributed by atoms with Crippen molar-refractivity contribution in [2.24, 2.45) is 5.73 Å². The number of rotatable bonds is 7. The van der Waals surface area contributed by atoms with Gasteiger partial charge in [-0.2, -0.15) is 0 Å². The van der Waals surface area contributed by atoms with Crippen molar-refractivity contribution >= 4 is 0 Å². The zero-order chi connectivity index (χ0) is 7.66. The fourth-order valence-electron chi connectivity index (χ4n) is 0.617. The summed E-state index contributed by atoms with van der Waals surface area (Å²) in [6.45, 7) is 4.46. The molecule has 0 amide bonds. The molecule has 0 unspecified atom stereocenters. The summed E-state index contributed by atoms with van der Waals surface area (Å²) >= 11 is 0. The van der Waals surface area contributed by atoms with E-state index in [4.69, 9.17) is 5.73 Å². The molecule has 0 aromatic heterocycles. The van der Waals surface area contributed by atoms with Crippen LogP contribution >= 0.6 is 0 Å². The maximum absolute atomic E-state index is 5.27. The van der Waals surface area contributed by atoms with Crippen LogP contribution in [-0.2, 0) is 0 Å². The standard InChI is InChI=1S/C6H18N4/c1-8-6-10-5-4-9-3-2-7/h8-10H,2-7H2,1H3. The molecule has 0 saturated carbocycles. The average Bonchev–Trinajstić information content (AvgIpc) is 1.97. The molecule has 0 saturated heterocycles. The largest absolute Gasteiger partial charge is 0.329 e. The minimum absolute atomic E-state index is 0.714. The van der Waals surface area contributed by atoms with Crippen molar-refractivity contribution in [3.8, 4) is 0 Å². The van der Waals surface area contributed by atoms with E-state index < -0.39 is 0 Å². The summed E-state index contributed by atoms with van der Waals surface area (Å²) in [5, 5.41) is 9.35. The molecule has 10 heavy (non-hydrogen) atoms. The minimum Gasteiger partial charge on any atom is -0.329 e. The molecule has 0 fully saturated rings. The molecule has 0 atom stereocenters. The Hall–Kier alpha value is -0.160. The Morgan fingerprint density at radius 1 is 1.10 bits per heavy atom. The molecule has 0 radical (unpaired) electrons. The molecule has 0 heterocycles. The Morgan fingerprint density at radius 3 is 2.40 bits per heavy atom. The van der Waals surface area contributed by atoms with Gasteiger partial charge in [0, 0.05) is 32.8 Å². The van der Waals surface area contributed by atoms with Crippen LogP contribution in [0.15, 0.2) is 0 Å². The van der Waals surface area contributed by atoms with Crippen molar-refractivity contribution in [1.29, 1.82) is 0 Å². The summed E-state index contributed by atoms with van der Waals surface area (Å²) < 4.78 is 0. The molecular weight excluding hydrogens is 128 g/mol. The zero-order valence-corrected chi connectivity index (χ0v) is 6.61. The van der Waals surface area contributed by atoms with Gasteiger partial charge < -0.3 is 21.7 Å². The summed E-state index contributed by atoms with van der Waals surface area (Å²) in [4.78, 5) is 0. The lowest BCUT2D eigenvalue weighted by Crippen LogP contribution is -2.34. The monoisotopic (exact) mass is 146 g/mol. The van der Waals surface area contributed by atoms with Gasteiger partial charge in [-0.15, -0.1) is 0 Å². The van der Waals surface area contributed by atoms with Crippen LogP contribution in [0.4, 0.5) is 0 Å². The molecule has 0 bridgehead atoms. The van der Waals surface area contributed by atoms with Gasteiger partial charge in [-0.3, -0.25) is 0 Å². The van der Waals surface area contributed by atoms with Gasteiger partial charge in [0.05, 0.1) is 0 Å². The molecule has 0 rings (SSSR count). The van der Waals surface area contributed by atoms with Gasteiger partial charge in [0.25, 0.3) is 0 Å². The maximum Gasteiger partial charge on any atom is 0.0452 e. The first kappa shape index (κ1) is 9.84. The van der Waals surface area contributed by atoms with Crippen LogP contribution in [0.3, 0.4) is 0 Å². The van der Waals surface area contributed by atoms with Crippen LogP contribution < -0.4 is 21.7 Å². The van der Waals surface area contributed by atoms with Crippen LogP contribution in [0.25, 0.3) is 0 Å². The summed E-state index contributed by atoms with van der Waals surface area (Å²) in [5.74, 6) is 0. The van der Waals surface area contributed by atoms with Gasteiger partial charge in [0.1, 0.15) is 0 Å². The molecule has 0 aliphatic heterocycles. The van der Waals surface area contributed by atoms with E-state index >= 15 is 0 Å². The molecule has 0 aliphatic carbocycles. The Balaban J connectivity index is 2.65. The number of hydrogen-bond donors (Lipinski definition) is 4. The van der Waals surface area contributed by atoms with Gasteiger partial charge in [-0.1, -0.05) is 0 Å². The lowest BCUT2D eigenvalue weighted by atomic mass is 10.5. The number of hydrogen-bond acceptors (Lipinski definition) is 4. The van der Waals surface area contributed by atoms with Crippen molar-refractivity contribution in [1.82, 2.24) is 16.0 Å². The van der Waals surface area contributed by atoms with Crippen LogP contribution in [0.5, 0.6) is 0 Å². The highest BCUT2D eigenvalue weighted by Crippen LogP contribution is 1.55. The first-order valence-corrected chi connectivity index (χ1v) is 3.68. The van der Waals surface area contributed by atoms with E-state index in [0.29, 0.717) is 6.54 Å². The highest BCUT2D eigenvalue weighted by molar-refractivity contribution is 4.50. The molecular formula is C6H18N4. The third-order valence-electron chi connectivity index (χ3n) is 1.10. The van der Waals surface area contributed by atoms with Gasteiger partial charge in [-0.05, 0) is 7.05 Å². The molecule has 62 valence electrons. The number of nitrogens with one attached hydrogen (secondary N) is 3. The van der Waals surface area contributed by atoms with E-state index in [0.717, 1.165) is 26.3 Å². The predicted octanol–water partition coefficient (Wildman–Crippen LogP) is -1.70. The summed E-state index contributed by atoms with van der Waals surface area (Å²) in [5.41, 5.74) is 5.27. The lowest BCUT2D eigenvalue weighted by molar-refractivity contribution is 0.589. The molecule has 4 heteroatoms. The molecule has 5 N–H and O–H groups in total. The van der Waals surface area contributed by atoms with E-state index in [1.807, 2.05) is 7.05 Å². The van der Waals surface area contributed by atoms with Gasteiger partial charge >= 0.3 is 0 Å². The molecule has 0 aromatic rings. The first-order valence-electron chi connectivity index (χ1n) is 3.68. The average molecular weight is 146 g/mol. The Kier molecular flexibility index (Phi) is 8.70. The van der Waals surface area contributed by atoms with Crippen molar-refractivity contribution < 1.29 is 0 Å². The van der Waals surface area contributed by atoms with Crippen LogP contribution in [-0.4, -0.2) is 39.9 Å². The second-order valence-corrected chi connectivity index (χ2v) is 2.07. The van der Waals surface area contributed by atoms with Gasteiger partial charge in [0.15, 0.2) is 0 Å². The fourth-order valence-corrected chi connectivity index (χ4v) is 0.617. The van der Waals surface area contributed by atoms with Crippen molar-refractivity contribution in [3.63, 3.8) is 0 Å². The van der Waals surface area contributed by atoms with Crippen LogP contribution in [0.1, 0.15) is 0 Å². The quantitative estimate of drug-likeness (QED) is 0.255. The van der Waals surface area contributed by atoms with Crippen molar-refractivity contribution in [2.45, 2.75) is 0 Å². The van der Waals surface area contributed by atoms with Crippen LogP contribution in [0, 0.1) is 0 Å². The van der Waals surface area contributed by atoms with E-state index in [9.17, 15) is 0 Å². The third kappa shape index (κ3) is 7.84.